The Morgan fingerprint density at radius 1 is 1.29 bits per heavy atom. The minimum Gasteiger partial charge on any atom is -0.508 e. The van der Waals surface area contributed by atoms with E-state index in [1.165, 1.54) is 12.1 Å². The lowest BCUT2D eigenvalue weighted by molar-refractivity contribution is 0.102. The Hall–Kier alpha value is -2.20. The van der Waals surface area contributed by atoms with Crippen LogP contribution in [0.25, 0.3) is 0 Å². The quantitative estimate of drug-likeness (QED) is 0.818. The second kappa shape index (κ2) is 6.99. The zero-order chi connectivity index (χ0) is 15.2. The summed E-state index contributed by atoms with van der Waals surface area (Å²) in [6, 6.07) is 11.3. The molecule has 110 valence electrons. The first-order valence-corrected chi connectivity index (χ1v) is 7.00. The Bertz CT molecular complexity index is 643. The maximum Gasteiger partial charge on any atom is 0.255 e. The van der Waals surface area contributed by atoms with Gasteiger partial charge in [-0.2, -0.15) is 0 Å². The van der Waals surface area contributed by atoms with E-state index in [1.807, 2.05) is 6.92 Å². The number of ether oxygens (including phenoxy) is 1. The van der Waals surface area contributed by atoms with Gasteiger partial charge in [0.1, 0.15) is 11.5 Å². The number of carbonyl (C=O) groups is 1. The number of rotatable bonds is 5. The average molecular weight is 306 g/mol. The van der Waals surface area contributed by atoms with Crippen molar-refractivity contribution in [2.45, 2.75) is 13.3 Å². The summed E-state index contributed by atoms with van der Waals surface area (Å²) in [5.74, 6) is 0.416. The van der Waals surface area contributed by atoms with Gasteiger partial charge in [-0.05, 0) is 36.8 Å². The smallest absolute Gasteiger partial charge is 0.255 e. The molecule has 0 spiro atoms. The second-order valence-electron chi connectivity index (χ2n) is 4.49. The monoisotopic (exact) mass is 305 g/mol. The molecule has 0 atom stereocenters. The van der Waals surface area contributed by atoms with Crippen molar-refractivity contribution in [1.29, 1.82) is 0 Å². The number of halogens is 1. The van der Waals surface area contributed by atoms with Crippen LogP contribution in [-0.4, -0.2) is 17.6 Å². The third-order valence-electron chi connectivity index (χ3n) is 2.77. The van der Waals surface area contributed by atoms with Crippen LogP contribution < -0.4 is 10.1 Å². The molecule has 0 radical (unpaired) electrons. The molecule has 2 aromatic carbocycles. The predicted molar refractivity (Wildman–Crippen MR) is 83.3 cm³/mol. The highest BCUT2D eigenvalue weighted by atomic mass is 35.5. The first-order chi connectivity index (χ1) is 10.1. The summed E-state index contributed by atoms with van der Waals surface area (Å²) in [6.07, 6.45) is 0.902. The normalized spacial score (nSPS) is 10.2. The molecule has 1 amide bonds. The van der Waals surface area contributed by atoms with Gasteiger partial charge < -0.3 is 15.2 Å². The average Bonchev–Trinajstić information content (AvgIpc) is 2.48. The Morgan fingerprint density at radius 3 is 2.81 bits per heavy atom. The van der Waals surface area contributed by atoms with Gasteiger partial charge in [0, 0.05) is 11.6 Å². The first kappa shape index (κ1) is 15.2. The molecule has 0 saturated carbocycles. The standard InChI is InChI=1S/C16H16ClNO3/c1-2-8-21-13-5-3-4-11(9-13)16(20)18-15-7-6-12(19)10-14(15)17/h3-7,9-10,19H,2,8H2,1H3,(H,18,20). The van der Waals surface area contributed by atoms with Gasteiger partial charge in [-0.25, -0.2) is 0 Å². The van der Waals surface area contributed by atoms with Crippen LogP contribution in [-0.2, 0) is 0 Å². The van der Waals surface area contributed by atoms with Gasteiger partial charge in [-0.1, -0.05) is 24.6 Å². The summed E-state index contributed by atoms with van der Waals surface area (Å²) in [7, 11) is 0. The van der Waals surface area contributed by atoms with Crippen LogP contribution in [0.1, 0.15) is 23.7 Å². The van der Waals surface area contributed by atoms with Crippen LogP contribution >= 0.6 is 11.6 Å². The molecule has 0 fully saturated rings. The fraction of sp³-hybridized carbons (Fsp3) is 0.188. The summed E-state index contributed by atoms with van der Waals surface area (Å²) in [5, 5.41) is 12.3. The van der Waals surface area contributed by atoms with Gasteiger partial charge in [0.15, 0.2) is 0 Å². The third-order valence-corrected chi connectivity index (χ3v) is 3.08. The summed E-state index contributed by atoms with van der Waals surface area (Å²) in [6.45, 7) is 2.62. The van der Waals surface area contributed by atoms with Gasteiger partial charge in [0.2, 0.25) is 0 Å². The van der Waals surface area contributed by atoms with E-state index in [0.29, 0.717) is 23.6 Å². The van der Waals surface area contributed by atoms with Crippen LogP contribution in [0, 0.1) is 0 Å². The van der Waals surface area contributed by atoms with Gasteiger partial charge in [-0.15, -0.1) is 0 Å². The number of nitrogens with one attached hydrogen (secondary N) is 1. The molecule has 0 aliphatic carbocycles. The number of anilines is 1. The van der Waals surface area contributed by atoms with Gasteiger partial charge in [-0.3, -0.25) is 4.79 Å². The molecule has 0 bridgehead atoms. The van der Waals surface area contributed by atoms with E-state index in [4.69, 9.17) is 16.3 Å². The lowest BCUT2D eigenvalue weighted by atomic mass is 10.2. The Morgan fingerprint density at radius 2 is 2.10 bits per heavy atom. The lowest BCUT2D eigenvalue weighted by Gasteiger charge is -2.09. The molecule has 0 saturated heterocycles. The maximum absolute atomic E-state index is 12.2. The van der Waals surface area contributed by atoms with Crippen molar-refractivity contribution in [2.75, 3.05) is 11.9 Å². The molecule has 2 N–H and O–H groups in total. The topological polar surface area (TPSA) is 58.6 Å². The predicted octanol–water partition coefficient (Wildman–Crippen LogP) is 4.09. The highest BCUT2D eigenvalue weighted by Crippen LogP contribution is 2.26. The van der Waals surface area contributed by atoms with E-state index in [1.54, 1.807) is 30.3 Å². The number of aromatic hydroxyl groups is 1. The zero-order valence-corrected chi connectivity index (χ0v) is 12.4. The number of hydrogen-bond acceptors (Lipinski definition) is 3. The highest BCUT2D eigenvalue weighted by Gasteiger charge is 2.10. The van der Waals surface area contributed by atoms with Crippen molar-refractivity contribution in [3.8, 4) is 11.5 Å². The molecular formula is C16H16ClNO3. The second-order valence-corrected chi connectivity index (χ2v) is 4.90. The highest BCUT2D eigenvalue weighted by molar-refractivity contribution is 6.34. The molecule has 0 heterocycles. The lowest BCUT2D eigenvalue weighted by Crippen LogP contribution is -2.12. The van der Waals surface area contributed by atoms with E-state index < -0.39 is 0 Å². The van der Waals surface area contributed by atoms with Crippen molar-refractivity contribution in [1.82, 2.24) is 0 Å². The van der Waals surface area contributed by atoms with Crippen LogP contribution in [0.2, 0.25) is 5.02 Å². The van der Waals surface area contributed by atoms with E-state index in [2.05, 4.69) is 5.32 Å². The molecule has 0 aliphatic rings. The Balaban J connectivity index is 2.12. The van der Waals surface area contributed by atoms with E-state index in [9.17, 15) is 9.90 Å². The molecule has 0 aliphatic heterocycles. The van der Waals surface area contributed by atoms with Crippen LogP contribution in [0.5, 0.6) is 11.5 Å². The van der Waals surface area contributed by atoms with Crippen LogP contribution in [0.3, 0.4) is 0 Å². The maximum atomic E-state index is 12.2. The Kier molecular flexibility index (Phi) is 5.06. The van der Waals surface area contributed by atoms with Crippen molar-refractivity contribution >= 4 is 23.2 Å². The molecule has 4 nitrogen and oxygen atoms in total. The fourth-order valence-corrected chi connectivity index (χ4v) is 1.97. The minimum atomic E-state index is -0.287. The summed E-state index contributed by atoms with van der Waals surface area (Å²) < 4.78 is 5.50. The fourth-order valence-electron chi connectivity index (χ4n) is 1.75. The molecule has 5 heteroatoms. The van der Waals surface area contributed by atoms with Crippen molar-refractivity contribution in [2.24, 2.45) is 0 Å². The van der Waals surface area contributed by atoms with Crippen molar-refractivity contribution < 1.29 is 14.6 Å². The molecule has 2 rings (SSSR count). The van der Waals surface area contributed by atoms with Crippen LogP contribution in [0.15, 0.2) is 42.5 Å². The third kappa shape index (κ3) is 4.13. The number of phenols is 1. The SMILES string of the molecule is CCCOc1cccc(C(=O)Nc2ccc(O)cc2Cl)c1. The molecule has 0 unspecified atom stereocenters. The largest absolute Gasteiger partial charge is 0.508 e. The van der Waals surface area contributed by atoms with Crippen LogP contribution in [0.4, 0.5) is 5.69 Å². The minimum absolute atomic E-state index is 0.0490. The molecule has 0 aromatic heterocycles. The van der Waals surface area contributed by atoms with E-state index in [-0.39, 0.29) is 16.7 Å². The van der Waals surface area contributed by atoms with Crippen molar-refractivity contribution in [3.05, 3.63) is 53.1 Å². The van der Waals surface area contributed by atoms with E-state index in [0.717, 1.165) is 6.42 Å². The summed E-state index contributed by atoms with van der Waals surface area (Å²) >= 11 is 5.96. The number of phenolic OH excluding ortho intramolecular Hbond substituents is 1. The first-order valence-electron chi connectivity index (χ1n) is 6.63. The van der Waals surface area contributed by atoms with E-state index >= 15 is 0 Å². The number of carbonyl (C=O) groups excluding carboxylic acids is 1. The summed E-state index contributed by atoms with van der Waals surface area (Å²) in [5.41, 5.74) is 0.923. The van der Waals surface area contributed by atoms with Crippen molar-refractivity contribution in [3.63, 3.8) is 0 Å². The number of amides is 1. The molecular weight excluding hydrogens is 290 g/mol. The van der Waals surface area contributed by atoms with Gasteiger partial charge in [0.25, 0.3) is 5.91 Å². The molecule has 2 aromatic rings. The van der Waals surface area contributed by atoms with Gasteiger partial charge >= 0.3 is 0 Å². The van der Waals surface area contributed by atoms with Gasteiger partial charge in [0.05, 0.1) is 17.3 Å². The summed E-state index contributed by atoms with van der Waals surface area (Å²) in [4.78, 5) is 12.2. The Labute approximate surface area is 128 Å². The zero-order valence-electron chi connectivity index (χ0n) is 11.6. The number of hydrogen-bond donors (Lipinski definition) is 2. The molecule has 21 heavy (non-hydrogen) atoms. The number of benzene rings is 2.